The molecule has 1 fully saturated rings. The van der Waals surface area contributed by atoms with E-state index in [-0.39, 0.29) is 0 Å². The summed E-state index contributed by atoms with van der Waals surface area (Å²) in [5.74, 6) is -0.721. The highest BCUT2D eigenvalue weighted by Crippen LogP contribution is 2.25. The topological polar surface area (TPSA) is 98.3 Å². The van der Waals surface area contributed by atoms with Crippen LogP contribution in [0.5, 0.6) is 0 Å². The Morgan fingerprint density at radius 2 is 2.00 bits per heavy atom. The van der Waals surface area contributed by atoms with Gasteiger partial charge < -0.3 is 15.0 Å². The van der Waals surface area contributed by atoms with Gasteiger partial charge in [0.25, 0.3) is 9.05 Å². The molecule has 2 heterocycles. The van der Waals surface area contributed by atoms with Gasteiger partial charge in [0.05, 0.1) is 17.8 Å². The first-order valence-corrected chi connectivity index (χ1v) is 8.58. The second-order valence-corrected chi connectivity index (χ2v) is 7.21. The van der Waals surface area contributed by atoms with Gasteiger partial charge in [0.2, 0.25) is 4.90 Å². The number of aromatic nitrogens is 2. The number of aryl methyl sites for hydroxylation is 1. The van der Waals surface area contributed by atoms with Crippen LogP contribution in [0.15, 0.2) is 11.1 Å². The molecular weight excluding hydrogens is 308 g/mol. The van der Waals surface area contributed by atoms with Gasteiger partial charge in [0, 0.05) is 10.7 Å². The van der Waals surface area contributed by atoms with E-state index >= 15 is 0 Å². The summed E-state index contributed by atoms with van der Waals surface area (Å²) in [6, 6.07) is 0. The van der Waals surface area contributed by atoms with Crippen molar-refractivity contribution < 1.29 is 13.3 Å². The normalized spacial score (nSPS) is 16.6. The van der Waals surface area contributed by atoms with Crippen molar-refractivity contribution in [3.63, 3.8) is 0 Å². The third-order valence-electron chi connectivity index (χ3n) is 3.21. The van der Waals surface area contributed by atoms with Gasteiger partial charge in [-0.25, -0.2) is 8.42 Å². The summed E-state index contributed by atoms with van der Waals surface area (Å²) in [5, 5.41) is 14.4. The third-order valence-corrected chi connectivity index (χ3v) is 4.52. The molecule has 1 aromatic heterocycles. The average Bonchev–Trinajstić information content (AvgIpc) is 2.96. The first kappa shape index (κ1) is 15.2. The molecule has 0 amide bonds. The molecule has 8 nitrogen and oxygen atoms in total. The van der Waals surface area contributed by atoms with Gasteiger partial charge in [-0.15, -0.1) is 0 Å². The zero-order valence-electron chi connectivity index (χ0n) is 10.7. The van der Waals surface area contributed by atoms with E-state index < -0.39 is 24.7 Å². The van der Waals surface area contributed by atoms with Gasteiger partial charge in [0.1, 0.15) is 0 Å². The standard InChI is InChI=1S/C10H15ClN4O4S/c11-20(18,19)9-8-14(12-10(9)15(16)17)7-3-6-13-4-1-2-5-13/h8H,1-7H2. The fourth-order valence-electron chi connectivity index (χ4n) is 2.27. The first-order valence-electron chi connectivity index (χ1n) is 6.27. The minimum atomic E-state index is -4.16. The number of hydrogen-bond donors (Lipinski definition) is 0. The van der Waals surface area contributed by atoms with Crippen molar-refractivity contribution in [2.45, 2.75) is 30.7 Å². The minimum absolute atomic E-state index is 0.420. The lowest BCUT2D eigenvalue weighted by Gasteiger charge is -2.12. The monoisotopic (exact) mass is 322 g/mol. The van der Waals surface area contributed by atoms with Crippen molar-refractivity contribution in [3.8, 4) is 0 Å². The molecule has 0 aromatic carbocycles. The fraction of sp³-hybridized carbons (Fsp3) is 0.700. The van der Waals surface area contributed by atoms with Gasteiger partial charge >= 0.3 is 5.82 Å². The SMILES string of the molecule is O=[N+]([O-])c1nn(CCCN2CCCC2)cc1S(=O)(=O)Cl. The quantitative estimate of drug-likeness (QED) is 0.443. The molecule has 1 aromatic rings. The molecule has 112 valence electrons. The number of rotatable bonds is 6. The Labute approximate surface area is 120 Å². The van der Waals surface area contributed by atoms with E-state index in [1.807, 2.05) is 0 Å². The largest absolute Gasteiger partial charge is 0.410 e. The highest BCUT2D eigenvalue weighted by molar-refractivity contribution is 8.13. The second kappa shape index (κ2) is 6.06. The summed E-state index contributed by atoms with van der Waals surface area (Å²) < 4.78 is 23.8. The highest BCUT2D eigenvalue weighted by Gasteiger charge is 2.29. The summed E-state index contributed by atoms with van der Waals surface area (Å²) >= 11 is 0. The summed E-state index contributed by atoms with van der Waals surface area (Å²) in [6.07, 6.45) is 4.26. The zero-order chi connectivity index (χ0) is 14.8. The van der Waals surface area contributed by atoms with Crippen LogP contribution in [0.3, 0.4) is 0 Å². The van der Waals surface area contributed by atoms with Gasteiger partial charge in [-0.2, -0.15) is 4.68 Å². The van der Waals surface area contributed by atoms with E-state index in [0.29, 0.717) is 6.54 Å². The van der Waals surface area contributed by atoms with Crippen LogP contribution in [0.1, 0.15) is 19.3 Å². The van der Waals surface area contributed by atoms with Crippen molar-refractivity contribution in [1.29, 1.82) is 0 Å². The number of halogens is 1. The predicted molar refractivity (Wildman–Crippen MR) is 72.2 cm³/mol. The van der Waals surface area contributed by atoms with E-state index in [4.69, 9.17) is 10.7 Å². The first-order chi connectivity index (χ1) is 9.38. The maximum absolute atomic E-state index is 11.3. The van der Waals surface area contributed by atoms with Crippen LogP contribution >= 0.6 is 10.7 Å². The van der Waals surface area contributed by atoms with Gasteiger partial charge in [-0.05, 0) is 43.8 Å². The maximum atomic E-state index is 11.3. The Morgan fingerprint density at radius 1 is 1.35 bits per heavy atom. The van der Waals surface area contributed by atoms with Gasteiger partial charge in [-0.3, -0.25) is 0 Å². The van der Waals surface area contributed by atoms with Crippen LogP contribution in [-0.2, 0) is 15.6 Å². The average molecular weight is 323 g/mol. The Hall–Kier alpha value is -1.19. The molecule has 10 heteroatoms. The molecule has 0 saturated carbocycles. The molecule has 0 aliphatic carbocycles. The Bertz CT molecular complexity index is 594. The number of nitrogens with zero attached hydrogens (tertiary/aromatic N) is 4. The lowest BCUT2D eigenvalue weighted by Crippen LogP contribution is -2.21. The van der Waals surface area contributed by atoms with Crippen molar-refractivity contribution in [3.05, 3.63) is 16.3 Å². The molecule has 0 radical (unpaired) electrons. The van der Waals surface area contributed by atoms with Crippen molar-refractivity contribution in [2.24, 2.45) is 0 Å². The number of hydrogen-bond acceptors (Lipinski definition) is 6. The van der Waals surface area contributed by atoms with Crippen LogP contribution in [0.2, 0.25) is 0 Å². The second-order valence-electron chi connectivity index (χ2n) is 4.68. The van der Waals surface area contributed by atoms with Gasteiger partial charge in [-0.1, -0.05) is 0 Å². The molecule has 0 unspecified atom stereocenters. The van der Waals surface area contributed by atoms with Crippen LogP contribution in [-0.4, -0.2) is 47.7 Å². The fourth-order valence-corrected chi connectivity index (χ4v) is 3.18. The van der Waals surface area contributed by atoms with E-state index in [0.717, 1.165) is 32.3 Å². The van der Waals surface area contributed by atoms with E-state index in [2.05, 4.69) is 10.00 Å². The Kier molecular flexibility index (Phi) is 4.61. The lowest BCUT2D eigenvalue weighted by molar-refractivity contribution is -0.392. The summed E-state index contributed by atoms with van der Waals surface area (Å²) in [6.45, 7) is 3.43. The zero-order valence-corrected chi connectivity index (χ0v) is 12.3. The lowest BCUT2D eigenvalue weighted by atomic mass is 10.4. The minimum Gasteiger partial charge on any atom is -0.358 e. The molecule has 20 heavy (non-hydrogen) atoms. The smallest absolute Gasteiger partial charge is 0.358 e. The van der Waals surface area contributed by atoms with Crippen LogP contribution in [0.25, 0.3) is 0 Å². The van der Waals surface area contributed by atoms with Crippen LogP contribution in [0, 0.1) is 10.1 Å². The molecule has 1 saturated heterocycles. The molecule has 0 bridgehead atoms. The molecule has 0 atom stereocenters. The summed E-state index contributed by atoms with van der Waals surface area (Å²) in [4.78, 5) is 11.7. The van der Waals surface area contributed by atoms with Crippen LogP contribution in [0.4, 0.5) is 5.82 Å². The van der Waals surface area contributed by atoms with Crippen molar-refractivity contribution >= 4 is 25.6 Å². The molecular formula is C10H15ClN4O4S. The highest BCUT2D eigenvalue weighted by atomic mass is 35.7. The van der Waals surface area contributed by atoms with Gasteiger partial charge in [0.15, 0.2) is 0 Å². The summed E-state index contributed by atoms with van der Waals surface area (Å²) in [7, 11) is 1.00. The number of nitro groups is 1. The maximum Gasteiger partial charge on any atom is 0.410 e. The molecule has 0 N–H and O–H groups in total. The van der Waals surface area contributed by atoms with E-state index in [1.54, 1.807) is 0 Å². The van der Waals surface area contributed by atoms with E-state index in [9.17, 15) is 18.5 Å². The van der Waals surface area contributed by atoms with Crippen molar-refractivity contribution in [2.75, 3.05) is 19.6 Å². The Balaban J connectivity index is 2.03. The Morgan fingerprint density at radius 3 is 2.50 bits per heavy atom. The molecule has 2 rings (SSSR count). The van der Waals surface area contributed by atoms with E-state index in [1.165, 1.54) is 17.5 Å². The predicted octanol–water partition coefficient (Wildman–Crippen LogP) is 1.20. The summed E-state index contributed by atoms with van der Waals surface area (Å²) in [5.41, 5.74) is 0. The molecule has 1 aliphatic heterocycles. The molecule has 1 aliphatic rings. The number of likely N-dealkylation sites (tertiary alicyclic amines) is 1. The van der Waals surface area contributed by atoms with Crippen molar-refractivity contribution in [1.82, 2.24) is 14.7 Å². The third kappa shape index (κ3) is 3.68. The van der Waals surface area contributed by atoms with Crippen LogP contribution < -0.4 is 0 Å². The molecule has 0 spiro atoms.